The number of carbonyl (C=O) groups is 1. The maximum absolute atomic E-state index is 12.5. The van der Waals surface area contributed by atoms with Gasteiger partial charge in [0.1, 0.15) is 11.4 Å². The van der Waals surface area contributed by atoms with Crippen molar-refractivity contribution in [2.75, 3.05) is 36.2 Å². The van der Waals surface area contributed by atoms with E-state index in [4.69, 9.17) is 4.74 Å². The normalized spacial score (nSPS) is 14.0. The lowest BCUT2D eigenvalue weighted by Gasteiger charge is -2.16. The molecule has 7 heteroatoms. The van der Waals surface area contributed by atoms with Crippen LogP contribution in [0.2, 0.25) is 0 Å². The number of amides is 1. The molecule has 0 spiro atoms. The van der Waals surface area contributed by atoms with Crippen LogP contribution in [0.25, 0.3) is 0 Å². The lowest BCUT2D eigenvalue weighted by atomic mass is 10.3. The van der Waals surface area contributed by atoms with E-state index < -0.39 is 0 Å². The summed E-state index contributed by atoms with van der Waals surface area (Å²) in [7, 11) is 3.55. The molecule has 0 radical (unpaired) electrons. The molecule has 2 aromatic rings. The second-order valence-corrected chi connectivity index (χ2v) is 7.17. The predicted molar refractivity (Wildman–Crippen MR) is 102 cm³/mol. The van der Waals surface area contributed by atoms with Gasteiger partial charge in [0.2, 0.25) is 5.91 Å². The van der Waals surface area contributed by atoms with E-state index in [1.54, 1.807) is 7.11 Å². The first-order chi connectivity index (χ1) is 12.1. The summed E-state index contributed by atoms with van der Waals surface area (Å²) >= 11 is 1.50. The van der Waals surface area contributed by atoms with E-state index in [2.05, 4.69) is 15.3 Å². The average Bonchev–Trinajstić information content (AvgIpc) is 3.24. The van der Waals surface area contributed by atoms with Crippen LogP contribution >= 0.6 is 11.8 Å². The molecule has 0 saturated carbocycles. The van der Waals surface area contributed by atoms with E-state index in [0.29, 0.717) is 5.75 Å². The van der Waals surface area contributed by atoms with Gasteiger partial charge in [-0.05, 0) is 38.0 Å². The summed E-state index contributed by atoms with van der Waals surface area (Å²) in [4.78, 5) is 15.7. The molecule has 1 amide bonds. The first kappa shape index (κ1) is 17.7. The maximum atomic E-state index is 12.5. The summed E-state index contributed by atoms with van der Waals surface area (Å²) < 4.78 is 7.05. The van der Waals surface area contributed by atoms with E-state index in [1.807, 2.05) is 42.9 Å². The van der Waals surface area contributed by atoms with Crippen LogP contribution in [-0.4, -0.2) is 41.6 Å². The summed E-state index contributed by atoms with van der Waals surface area (Å²) in [6.07, 6.45) is 2.35. The Kier molecular flexibility index (Phi) is 5.53. The molecule has 6 nitrogen and oxygen atoms in total. The van der Waals surface area contributed by atoms with Gasteiger partial charge in [-0.15, -0.1) is 11.8 Å². The van der Waals surface area contributed by atoms with Crippen molar-refractivity contribution in [3.8, 4) is 5.75 Å². The minimum Gasteiger partial charge on any atom is -0.497 e. The fraction of sp³-hybridized carbons (Fsp3) is 0.444. The number of nitrogens with zero attached hydrogens (tertiary/aromatic N) is 3. The summed E-state index contributed by atoms with van der Waals surface area (Å²) in [5.41, 5.74) is 1.81. The van der Waals surface area contributed by atoms with E-state index in [1.165, 1.54) is 24.6 Å². The van der Waals surface area contributed by atoms with Gasteiger partial charge in [-0.25, -0.2) is 0 Å². The van der Waals surface area contributed by atoms with Crippen LogP contribution in [0.1, 0.15) is 18.5 Å². The van der Waals surface area contributed by atoms with Crippen LogP contribution in [-0.2, 0) is 11.8 Å². The number of ether oxygens (including phenoxy) is 1. The van der Waals surface area contributed by atoms with E-state index in [0.717, 1.165) is 40.9 Å². The fourth-order valence-corrected chi connectivity index (χ4v) is 3.65. The van der Waals surface area contributed by atoms with Gasteiger partial charge in [0, 0.05) is 25.0 Å². The van der Waals surface area contributed by atoms with Gasteiger partial charge in [-0.1, -0.05) is 6.07 Å². The molecular weight excluding hydrogens is 336 g/mol. The van der Waals surface area contributed by atoms with E-state index in [9.17, 15) is 4.79 Å². The quantitative estimate of drug-likeness (QED) is 0.802. The van der Waals surface area contributed by atoms with E-state index >= 15 is 0 Å². The lowest BCUT2D eigenvalue weighted by molar-refractivity contribution is -0.113. The molecule has 1 fully saturated rings. The highest BCUT2D eigenvalue weighted by Gasteiger charge is 2.23. The molecule has 25 heavy (non-hydrogen) atoms. The largest absolute Gasteiger partial charge is 0.497 e. The van der Waals surface area contributed by atoms with Crippen molar-refractivity contribution in [1.29, 1.82) is 0 Å². The Morgan fingerprint density at radius 2 is 2.12 bits per heavy atom. The number of carbonyl (C=O) groups excluding carboxylic acids is 1. The molecule has 0 atom stereocenters. The monoisotopic (exact) mass is 360 g/mol. The standard InChI is InChI=1S/C18H24N4O2S/c1-13-17(18(20-21(13)2)22-9-4-5-10-22)19-16(23)12-25-15-8-6-7-14(11-15)24-3/h6-8,11H,4-5,9-10,12H2,1-3H3,(H,19,23). The van der Waals surface area contributed by atoms with Gasteiger partial charge in [0.05, 0.1) is 18.6 Å². The second kappa shape index (κ2) is 7.82. The molecule has 1 aromatic carbocycles. The maximum Gasteiger partial charge on any atom is 0.234 e. The number of hydrogen-bond donors (Lipinski definition) is 1. The van der Waals surface area contributed by atoms with Gasteiger partial charge < -0.3 is 15.0 Å². The Balaban J connectivity index is 1.66. The van der Waals surface area contributed by atoms with Crippen molar-refractivity contribution in [3.05, 3.63) is 30.0 Å². The molecule has 0 aliphatic carbocycles. The Hall–Kier alpha value is -2.15. The fourth-order valence-electron chi connectivity index (χ4n) is 2.90. The van der Waals surface area contributed by atoms with Crippen molar-refractivity contribution in [2.24, 2.45) is 7.05 Å². The molecule has 3 rings (SSSR count). The molecule has 0 unspecified atom stereocenters. The van der Waals surface area contributed by atoms with Crippen LogP contribution < -0.4 is 15.0 Å². The zero-order chi connectivity index (χ0) is 17.8. The number of nitrogens with one attached hydrogen (secondary N) is 1. The van der Waals surface area contributed by atoms with Gasteiger partial charge in [-0.3, -0.25) is 9.48 Å². The number of hydrogen-bond acceptors (Lipinski definition) is 5. The molecule has 1 aliphatic rings. The molecule has 1 aliphatic heterocycles. The average molecular weight is 360 g/mol. The summed E-state index contributed by atoms with van der Waals surface area (Å²) in [5, 5.41) is 7.65. The van der Waals surface area contributed by atoms with Gasteiger partial charge in [-0.2, -0.15) is 5.10 Å². The highest BCUT2D eigenvalue weighted by Crippen LogP contribution is 2.31. The smallest absolute Gasteiger partial charge is 0.234 e. The molecular formula is C18H24N4O2S. The zero-order valence-electron chi connectivity index (χ0n) is 14.9. The van der Waals surface area contributed by atoms with Gasteiger partial charge in [0.15, 0.2) is 5.82 Å². The molecule has 1 saturated heterocycles. The van der Waals surface area contributed by atoms with Crippen molar-refractivity contribution < 1.29 is 9.53 Å². The third-order valence-electron chi connectivity index (χ3n) is 4.40. The van der Waals surface area contributed by atoms with Crippen molar-refractivity contribution in [3.63, 3.8) is 0 Å². The van der Waals surface area contributed by atoms with Crippen LogP contribution in [0.15, 0.2) is 29.2 Å². The van der Waals surface area contributed by atoms with Crippen molar-refractivity contribution in [2.45, 2.75) is 24.7 Å². The van der Waals surface area contributed by atoms with Crippen LogP contribution in [0, 0.1) is 6.92 Å². The minimum absolute atomic E-state index is 0.0237. The Labute approximate surface area is 152 Å². The van der Waals surface area contributed by atoms with Crippen molar-refractivity contribution >= 4 is 29.2 Å². The third-order valence-corrected chi connectivity index (χ3v) is 5.39. The topological polar surface area (TPSA) is 59.4 Å². The molecule has 1 aromatic heterocycles. The van der Waals surface area contributed by atoms with Gasteiger partial charge >= 0.3 is 0 Å². The summed E-state index contributed by atoms with van der Waals surface area (Å²) in [6.45, 7) is 3.98. The number of aryl methyl sites for hydroxylation is 1. The van der Waals surface area contributed by atoms with Gasteiger partial charge in [0.25, 0.3) is 0 Å². The number of methoxy groups -OCH3 is 1. The van der Waals surface area contributed by atoms with Crippen LogP contribution in [0.5, 0.6) is 5.75 Å². The second-order valence-electron chi connectivity index (χ2n) is 6.12. The minimum atomic E-state index is -0.0237. The molecule has 1 N–H and O–H groups in total. The lowest BCUT2D eigenvalue weighted by Crippen LogP contribution is -2.22. The number of aromatic nitrogens is 2. The highest BCUT2D eigenvalue weighted by atomic mass is 32.2. The number of thioether (sulfide) groups is 1. The Bertz CT molecular complexity index is 754. The molecule has 0 bridgehead atoms. The first-order valence-corrected chi connectivity index (χ1v) is 9.42. The molecule has 2 heterocycles. The van der Waals surface area contributed by atoms with Crippen LogP contribution in [0.3, 0.4) is 0 Å². The summed E-state index contributed by atoms with van der Waals surface area (Å²) in [6, 6.07) is 7.73. The highest BCUT2D eigenvalue weighted by molar-refractivity contribution is 8.00. The van der Waals surface area contributed by atoms with E-state index in [-0.39, 0.29) is 5.91 Å². The molecule has 134 valence electrons. The summed E-state index contributed by atoms with van der Waals surface area (Å²) in [5.74, 6) is 2.01. The predicted octanol–water partition coefficient (Wildman–Crippen LogP) is 3.07. The third kappa shape index (κ3) is 4.10. The Morgan fingerprint density at radius 1 is 1.36 bits per heavy atom. The first-order valence-electron chi connectivity index (χ1n) is 8.43. The SMILES string of the molecule is COc1cccc(SCC(=O)Nc2c(N3CCCC3)nn(C)c2C)c1. The zero-order valence-corrected chi connectivity index (χ0v) is 15.7. The number of benzene rings is 1. The number of anilines is 2. The number of rotatable bonds is 6. The van der Waals surface area contributed by atoms with Crippen molar-refractivity contribution in [1.82, 2.24) is 9.78 Å². The van der Waals surface area contributed by atoms with Crippen LogP contribution in [0.4, 0.5) is 11.5 Å². The Morgan fingerprint density at radius 3 is 2.84 bits per heavy atom.